The van der Waals surface area contributed by atoms with E-state index >= 15 is 0 Å². The molecule has 0 amide bonds. The second kappa shape index (κ2) is 6.18. The van der Waals surface area contributed by atoms with Gasteiger partial charge in [-0.2, -0.15) is 5.26 Å². The van der Waals surface area contributed by atoms with E-state index in [1.807, 2.05) is 11.8 Å². The minimum absolute atomic E-state index is 0.0487. The summed E-state index contributed by atoms with van der Waals surface area (Å²) in [6, 6.07) is 9.03. The van der Waals surface area contributed by atoms with E-state index in [1.54, 1.807) is 37.4 Å². The summed E-state index contributed by atoms with van der Waals surface area (Å²) in [4.78, 5) is 17.1. The summed E-state index contributed by atoms with van der Waals surface area (Å²) in [6.07, 6.45) is 1.61. The fourth-order valence-corrected chi connectivity index (χ4v) is 2.34. The average Bonchev–Trinajstić information content (AvgIpc) is 2.50. The van der Waals surface area contributed by atoms with E-state index in [2.05, 4.69) is 11.1 Å². The number of pyridine rings is 1. The number of fused-ring (bicyclic) bond motifs is 1. The van der Waals surface area contributed by atoms with Crippen LogP contribution in [-0.2, 0) is 0 Å². The zero-order chi connectivity index (χ0) is 15.4. The first-order valence-corrected chi connectivity index (χ1v) is 6.75. The molecule has 0 aliphatic rings. The van der Waals surface area contributed by atoms with Gasteiger partial charge in [0.1, 0.15) is 5.69 Å². The molecule has 0 bridgehead atoms. The Balaban J connectivity index is 2.59. The lowest BCUT2D eigenvalue weighted by molar-refractivity contribution is -0.382. The number of hydrogen-bond acceptors (Lipinski definition) is 5. The summed E-state index contributed by atoms with van der Waals surface area (Å²) in [5.41, 5.74) is 1.18. The molecule has 0 fully saturated rings. The van der Waals surface area contributed by atoms with Gasteiger partial charge < -0.3 is 4.90 Å². The third-order valence-corrected chi connectivity index (χ3v) is 3.35. The molecule has 1 aromatic carbocycles. The highest BCUT2D eigenvalue weighted by molar-refractivity contribution is 5.94. The molecule has 0 spiro atoms. The Hall–Kier alpha value is -2.68. The van der Waals surface area contributed by atoms with Gasteiger partial charge in [0.2, 0.25) is 0 Å². The number of rotatable bonds is 5. The van der Waals surface area contributed by atoms with Crippen LogP contribution in [0.5, 0.6) is 0 Å². The number of nitro benzene ring substituents is 1. The molecule has 1 atom stereocenters. The van der Waals surface area contributed by atoms with Crippen molar-refractivity contribution in [1.29, 1.82) is 5.26 Å². The van der Waals surface area contributed by atoms with Crippen molar-refractivity contribution in [1.82, 2.24) is 4.98 Å². The Morgan fingerprint density at radius 3 is 2.86 bits per heavy atom. The SMILES string of the molecule is CCN(CC(C)C#N)c1ccc2ncccc2c1[N+](=O)[O-]. The molecule has 0 radical (unpaired) electrons. The number of nitro groups is 1. The van der Waals surface area contributed by atoms with Crippen LogP contribution in [0.3, 0.4) is 0 Å². The molecule has 1 aromatic heterocycles. The Morgan fingerprint density at radius 1 is 1.48 bits per heavy atom. The summed E-state index contributed by atoms with van der Waals surface area (Å²) >= 11 is 0. The zero-order valence-electron chi connectivity index (χ0n) is 12.0. The van der Waals surface area contributed by atoms with Gasteiger partial charge in [-0.3, -0.25) is 15.1 Å². The largest absolute Gasteiger partial charge is 0.365 e. The van der Waals surface area contributed by atoms with Gasteiger partial charge >= 0.3 is 5.69 Å². The van der Waals surface area contributed by atoms with E-state index in [0.717, 1.165) is 0 Å². The molecule has 108 valence electrons. The molecule has 1 heterocycles. The van der Waals surface area contributed by atoms with Crippen LogP contribution in [0, 0.1) is 27.4 Å². The molecule has 21 heavy (non-hydrogen) atoms. The van der Waals surface area contributed by atoms with Crippen molar-refractivity contribution < 1.29 is 4.92 Å². The molecule has 0 aliphatic heterocycles. The van der Waals surface area contributed by atoms with Crippen LogP contribution in [0.2, 0.25) is 0 Å². The second-order valence-corrected chi connectivity index (χ2v) is 4.83. The van der Waals surface area contributed by atoms with Crippen LogP contribution in [0.1, 0.15) is 13.8 Å². The second-order valence-electron chi connectivity index (χ2n) is 4.83. The van der Waals surface area contributed by atoms with Crippen LogP contribution in [-0.4, -0.2) is 23.0 Å². The first kappa shape index (κ1) is 14.7. The number of nitrogens with zero attached hydrogens (tertiary/aromatic N) is 4. The fourth-order valence-electron chi connectivity index (χ4n) is 2.34. The maximum absolute atomic E-state index is 11.5. The standard InChI is InChI=1S/C15H16N4O2/c1-3-18(10-11(2)9-16)14-7-6-13-12(5-4-8-17-13)15(14)19(20)21/h4-8,11H,3,10H2,1-2H3. The molecular formula is C15H16N4O2. The van der Waals surface area contributed by atoms with Crippen LogP contribution in [0.25, 0.3) is 10.9 Å². The van der Waals surface area contributed by atoms with Crippen molar-refractivity contribution in [2.24, 2.45) is 5.92 Å². The molecule has 2 rings (SSSR count). The fraction of sp³-hybridized carbons (Fsp3) is 0.333. The summed E-state index contributed by atoms with van der Waals surface area (Å²) < 4.78 is 0. The normalized spacial score (nSPS) is 11.9. The topological polar surface area (TPSA) is 83.1 Å². The van der Waals surface area contributed by atoms with Gasteiger partial charge in [-0.05, 0) is 38.1 Å². The molecule has 0 saturated heterocycles. The van der Waals surface area contributed by atoms with Crippen LogP contribution in [0.4, 0.5) is 11.4 Å². The van der Waals surface area contributed by atoms with E-state index in [-0.39, 0.29) is 16.5 Å². The summed E-state index contributed by atoms with van der Waals surface area (Å²) in [7, 11) is 0. The van der Waals surface area contributed by atoms with Gasteiger partial charge in [-0.1, -0.05) is 0 Å². The highest BCUT2D eigenvalue weighted by Crippen LogP contribution is 2.35. The molecule has 6 heteroatoms. The number of hydrogen-bond donors (Lipinski definition) is 0. The average molecular weight is 284 g/mol. The Kier molecular flexibility index (Phi) is 4.33. The van der Waals surface area contributed by atoms with Crippen LogP contribution in [0.15, 0.2) is 30.5 Å². The van der Waals surface area contributed by atoms with Gasteiger partial charge in [-0.15, -0.1) is 0 Å². The van der Waals surface area contributed by atoms with E-state index < -0.39 is 0 Å². The number of aromatic nitrogens is 1. The highest BCUT2D eigenvalue weighted by atomic mass is 16.6. The van der Waals surface area contributed by atoms with Crippen LogP contribution >= 0.6 is 0 Å². The zero-order valence-corrected chi connectivity index (χ0v) is 12.0. The smallest absolute Gasteiger partial charge is 0.301 e. The number of nitriles is 1. The van der Waals surface area contributed by atoms with Gasteiger partial charge in [-0.25, -0.2) is 0 Å². The number of anilines is 1. The van der Waals surface area contributed by atoms with Crippen molar-refractivity contribution in [3.63, 3.8) is 0 Å². The minimum Gasteiger partial charge on any atom is -0.365 e. The third-order valence-electron chi connectivity index (χ3n) is 3.35. The molecule has 2 aromatic rings. The maximum Gasteiger partial charge on any atom is 0.301 e. The van der Waals surface area contributed by atoms with E-state index in [0.29, 0.717) is 29.7 Å². The lowest BCUT2D eigenvalue weighted by Gasteiger charge is -2.24. The predicted octanol–water partition coefficient (Wildman–Crippen LogP) is 3.13. The van der Waals surface area contributed by atoms with E-state index in [9.17, 15) is 10.1 Å². The summed E-state index contributed by atoms with van der Waals surface area (Å²) in [6.45, 7) is 4.77. The first-order chi connectivity index (χ1) is 10.1. The molecule has 1 unspecified atom stereocenters. The van der Waals surface area contributed by atoms with E-state index in [1.165, 1.54) is 0 Å². The van der Waals surface area contributed by atoms with Crippen molar-refractivity contribution in [2.75, 3.05) is 18.0 Å². The highest BCUT2D eigenvalue weighted by Gasteiger charge is 2.23. The van der Waals surface area contributed by atoms with Gasteiger partial charge in [0, 0.05) is 19.3 Å². The maximum atomic E-state index is 11.5. The molecular weight excluding hydrogens is 268 g/mol. The Bertz CT molecular complexity index is 708. The predicted molar refractivity (Wildman–Crippen MR) is 81.1 cm³/mol. The monoisotopic (exact) mass is 284 g/mol. The number of benzene rings is 1. The minimum atomic E-state index is -0.376. The molecule has 0 saturated carbocycles. The van der Waals surface area contributed by atoms with Crippen molar-refractivity contribution in [3.8, 4) is 6.07 Å². The third kappa shape index (κ3) is 2.92. The Morgan fingerprint density at radius 2 is 2.24 bits per heavy atom. The van der Waals surface area contributed by atoms with Gasteiger partial charge in [0.25, 0.3) is 0 Å². The Labute approximate surface area is 122 Å². The molecule has 0 aliphatic carbocycles. The van der Waals surface area contributed by atoms with E-state index in [4.69, 9.17) is 5.26 Å². The summed E-state index contributed by atoms with van der Waals surface area (Å²) in [5, 5.41) is 21.0. The quantitative estimate of drug-likeness (QED) is 0.622. The first-order valence-electron chi connectivity index (χ1n) is 6.75. The van der Waals surface area contributed by atoms with Crippen molar-refractivity contribution in [3.05, 3.63) is 40.6 Å². The van der Waals surface area contributed by atoms with Gasteiger partial charge in [0.05, 0.1) is 27.8 Å². The molecule has 6 nitrogen and oxygen atoms in total. The van der Waals surface area contributed by atoms with Crippen LogP contribution < -0.4 is 4.90 Å². The van der Waals surface area contributed by atoms with Gasteiger partial charge in [0.15, 0.2) is 0 Å². The lowest BCUT2D eigenvalue weighted by Crippen LogP contribution is -2.28. The molecule has 0 N–H and O–H groups in total. The van der Waals surface area contributed by atoms with Crippen molar-refractivity contribution in [2.45, 2.75) is 13.8 Å². The lowest BCUT2D eigenvalue weighted by atomic mass is 10.1. The van der Waals surface area contributed by atoms with Crippen molar-refractivity contribution >= 4 is 22.3 Å². The summed E-state index contributed by atoms with van der Waals surface area (Å²) in [5.74, 6) is -0.200.